The van der Waals surface area contributed by atoms with Crippen molar-refractivity contribution in [1.29, 1.82) is 0 Å². The Morgan fingerprint density at radius 1 is 1.27 bits per heavy atom. The monoisotopic (exact) mass is 309 g/mol. The van der Waals surface area contributed by atoms with Crippen LogP contribution >= 0.6 is 0 Å². The fourth-order valence-electron chi connectivity index (χ4n) is 2.25. The number of halogens is 1. The first-order chi connectivity index (χ1) is 10.3. The molecular weight excluding hydrogens is 289 g/mol. The van der Waals surface area contributed by atoms with Crippen LogP contribution in [0.4, 0.5) is 9.18 Å². The third kappa shape index (κ3) is 3.96. The van der Waals surface area contributed by atoms with Crippen molar-refractivity contribution in [2.24, 2.45) is 0 Å². The average molecular weight is 309 g/mol. The molecule has 0 N–H and O–H groups in total. The maximum Gasteiger partial charge on any atom is 0.411 e. The summed E-state index contributed by atoms with van der Waals surface area (Å²) in [7, 11) is 0. The summed E-state index contributed by atoms with van der Waals surface area (Å²) in [4.78, 5) is 25.7. The van der Waals surface area contributed by atoms with Crippen LogP contribution in [0.3, 0.4) is 0 Å². The van der Waals surface area contributed by atoms with Gasteiger partial charge in [0.1, 0.15) is 11.6 Å². The predicted octanol–water partition coefficient (Wildman–Crippen LogP) is 3.13. The molecule has 1 aliphatic rings. The van der Waals surface area contributed by atoms with Crippen LogP contribution in [-0.2, 0) is 9.53 Å². The Morgan fingerprint density at radius 3 is 2.59 bits per heavy atom. The summed E-state index contributed by atoms with van der Waals surface area (Å²) in [6, 6.07) is 4.93. The van der Waals surface area contributed by atoms with Crippen LogP contribution in [0.5, 0.6) is 5.75 Å². The third-order valence-corrected chi connectivity index (χ3v) is 3.20. The molecule has 120 valence electrons. The van der Waals surface area contributed by atoms with Crippen molar-refractivity contribution in [2.45, 2.75) is 45.3 Å². The minimum absolute atomic E-state index is 0.136. The number of esters is 1. The summed E-state index contributed by atoms with van der Waals surface area (Å²) in [5, 5.41) is 0. The van der Waals surface area contributed by atoms with Crippen LogP contribution in [0.25, 0.3) is 0 Å². The van der Waals surface area contributed by atoms with E-state index >= 15 is 0 Å². The zero-order valence-electron chi connectivity index (χ0n) is 13.0. The largest absolute Gasteiger partial charge is 0.444 e. The number of ether oxygens (including phenoxy) is 2. The van der Waals surface area contributed by atoms with Gasteiger partial charge in [0.2, 0.25) is 0 Å². The first kappa shape index (κ1) is 16.3. The molecule has 0 saturated carbocycles. The molecule has 1 fully saturated rings. The second-order valence-electron chi connectivity index (χ2n) is 6.18. The van der Waals surface area contributed by atoms with E-state index < -0.39 is 29.5 Å². The summed E-state index contributed by atoms with van der Waals surface area (Å²) < 4.78 is 23.9. The van der Waals surface area contributed by atoms with Crippen LogP contribution in [0.2, 0.25) is 0 Å². The molecule has 1 heterocycles. The maximum atomic E-state index is 13.5. The molecule has 1 saturated heterocycles. The first-order valence-electron chi connectivity index (χ1n) is 7.24. The zero-order valence-corrected chi connectivity index (χ0v) is 13.0. The summed E-state index contributed by atoms with van der Waals surface area (Å²) in [5.74, 6) is -1.39. The Balaban J connectivity index is 2.05. The highest BCUT2D eigenvalue weighted by atomic mass is 19.1. The predicted molar refractivity (Wildman–Crippen MR) is 78.0 cm³/mol. The van der Waals surface area contributed by atoms with Crippen molar-refractivity contribution in [2.75, 3.05) is 6.54 Å². The molecule has 2 rings (SSSR count). The number of hydrogen-bond donors (Lipinski definition) is 0. The van der Waals surface area contributed by atoms with Gasteiger partial charge < -0.3 is 9.47 Å². The van der Waals surface area contributed by atoms with Crippen molar-refractivity contribution >= 4 is 12.1 Å². The Morgan fingerprint density at radius 2 is 1.95 bits per heavy atom. The molecule has 1 amide bonds. The topological polar surface area (TPSA) is 55.8 Å². The van der Waals surface area contributed by atoms with Crippen molar-refractivity contribution < 1.29 is 23.5 Å². The Labute approximate surface area is 129 Å². The normalized spacial score (nSPS) is 18.2. The highest BCUT2D eigenvalue weighted by Crippen LogP contribution is 2.24. The number of carbonyl (C=O) groups is 2. The van der Waals surface area contributed by atoms with Gasteiger partial charge in [-0.3, -0.25) is 4.90 Å². The van der Waals surface area contributed by atoms with Crippen molar-refractivity contribution in [1.82, 2.24) is 4.90 Å². The van der Waals surface area contributed by atoms with E-state index in [4.69, 9.17) is 9.47 Å². The van der Waals surface area contributed by atoms with Crippen molar-refractivity contribution in [3.05, 3.63) is 30.1 Å². The van der Waals surface area contributed by atoms with Gasteiger partial charge in [-0.25, -0.2) is 14.0 Å². The standard InChI is InChI=1S/C16H20FNO4/c1-16(2,3)22-15(20)18-10-6-8-12(18)14(19)21-13-9-5-4-7-11(13)17/h4-5,7,9,12H,6,8,10H2,1-3H3/t12-/m0/s1. The van der Waals surface area contributed by atoms with E-state index in [0.29, 0.717) is 19.4 Å². The summed E-state index contributed by atoms with van der Waals surface area (Å²) >= 11 is 0. The van der Waals surface area contributed by atoms with E-state index in [1.807, 2.05) is 0 Å². The quantitative estimate of drug-likeness (QED) is 0.622. The van der Waals surface area contributed by atoms with Gasteiger partial charge in [0, 0.05) is 6.54 Å². The van der Waals surface area contributed by atoms with E-state index in [0.717, 1.165) is 0 Å². The molecule has 1 atom stereocenters. The molecule has 0 aromatic heterocycles. The molecular formula is C16H20FNO4. The zero-order chi connectivity index (χ0) is 16.3. The van der Waals surface area contributed by atoms with Gasteiger partial charge in [-0.2, -0.15) is 0 Å². The second kappa shape index (κ2) is 6.34. The molecule has 1 aliphatic heterocycles. The molecule has 0 aliphatic carbocycles. The number of likely N-dealkylation sites (tertiary alicyclic amines) is 1. The van der Waals surface area contributed by atoms with Crippen LogP contribution in [0, 0.1) is 5.82 Å². The van der Waals surface area contributed by atoms with Crippen molar-refractivity contribution in [3.63, 3.8) is 0 Å². The van der Waals surface area contributed by atoms with Crippen LogP contribution in [-0.4, -0.2) is 35.2 Å². The fraction of sp³-hybridized carbons (Fsp3) is 0.500. The Kier molecular flexibility index (Phi) is 4.68. The van der Waals surface area contributed by atoms with Gasteiger partial charge in [-0.05, 0) is 45.7 Å². The molecule has 1 aromatic carbocycles. The lowest BCUT2D eigenvalue weighted by molar-refractivity contribution is -0.139. The van der Waals surface area contributed by atoms with E-state index in [9.17, 15) is 14.0 Å². The number of para-hydroxylation sites is 1. The lowest BCUT2D eigenvalue weighted by Crippen LogP contribution is -2.44. The minimum atomic E-state index is -0.741. The van der Waals surface area contributed by atoms with Gasteiger partial charge in [0.15, 0.2) is 11.6 Å². The molecule has 0 radical (unpaired) electrons. The lowest BCUT2D eigenvalue weighted by atomic mass is 10.2. The van der Waals surface area contributed by atoms with E-state index in [1.165, 1.54) is 23.1 Å². The number of nitrogens with zero attached hydrogens (tertiary/aromatic N) is 1. The first-order valence-corrected chi connectivity index (χ1v) is 7.24. The highest BCUT2D eigenvalue weighted by molar-refractivity contribution is 5.83. The summed E-state index contributed by atoms with van der Waals surface area (Å²) in [5.41, 5.74) is -0.639. The number of amides is 1. The van der Waals surface area contributed by atoms with Crippen LogP contribution in [0.15, 0.2) is 24.3 Å². The smallest absolute Gasteiger partial charge is 0.411 e. The molecule has 6 heteroatoms. The number of carbonyl (C=O) groups excluding carboxylic acids is 2. The number of benzene rings is 1. The van der Waals surface area contributed by atoms with Crippen LogP contribution < -0.4 is 4.74 Å². The lowest BCUT2D eigenvalue weighted by Gasteiger charge is -2.27. The van der Waals surface area contributed by atoms with Gasteiger partial charge in [0.05, 0.1) is 0 Å². The van der Waals surface area contributed by atoms with Crippen LogP contribution in [0.1, 0.15) is 33.6 Å². The highest BCUT2D eigenvalue weighted by Gasteiger charge is 2.38. The van der Waals surface area contributed by atoms with E-state index in [2.05, 4.69) is 0 Å². The van der Waals surface area contributed by atoms with Gasteiger partial charge in [-0.1, -0.05) is 12.1 Å². The van der Waals surface area contributed by atoms with E-state index in [-0.39, 0.29) is 5.75 Å². The van der Waals surface area contributed by atoms with E-state index in [1.54, 1.807) is 26.8 Å². The molecule has 0 bridgehead atoms. The Bertz CT molecular complexity index is 568. The molecule has 1 aromatic rings. The fourth-order valence-corrected chi connectivity index (χ4v) is 2.25. The van der Waals surface area contributed by atoms with Gasteiger partial charge in [0.25, 0.3) is 0 Å². The molecule has 0 unspecified atom stereocenters. The maximum absolute atomic E-state index is 13.5. The van der Waals surface area contributed by atoms with Gasteiger partial charge >= 0.3 is 12.1 Å². The van der Waals surface area contributed by atoms with Gasteiger partial charge in [-0.15, -0.1) is 0 Å². The minimum Gasteiger partial charge on any atom is -0.444 e. The molecule has 0 spiro atoms. The number of hydrogen-bond acceptors (Lipinski definition) is 4. The second-order valence-corrected chi connectivity index (χ2v) is 6.18. The average Bonchev–Trinajstić information content (AvgIpc) is 2.89. The third-order valence-electron chi connectivity index (χ3n) is 3.20. The summed E-state index contributed by atoms with van der Waals surface area (Å²) in [6.07, 6.45) is 0.600. The summed E-state index contributed by atoms with van der Waals surface area (Å²) in [6.45, 7) is 5.70. The van der Waals surface area contributed by atoms with Crippen molar-refractivity contribution in [3.8, 4) is 5.75 Å². The molecule has 5 nitrogen and oxygen atoms in total. The number of rotatable bonds is 2. The SMILES string of the molecule is CC(C)(C)OC(=O)N1CCC[C@H]1C(=O)Oc1ccccc1F. The molecule has 22 heavy (non-hydrogen) atoms. The Hall–Kier alpha value is -2.11.